The van der Waals surface area contributed by atoms with Gasteiger partial charge in [0.15, 0.2) is 0 Å². The van der Waals surface area contributed by atoms with E-state index in [1.165, 1.54) is 75.3 Å². The van der Waals surface area contributed by atoms with E-state index >= 15 is 0 Å². The average molecular weight is 393 g/mol. The van der Waals surface area contributed by atoms with Crippen molar-refractivity contribution in [2.45, 2.75) is 90.1 Å². The summed E-state index contributed by atoms with van der Waals surface area (Å²) in [5.41, 5.74) is 4.20. The lowest BCUT2D eigenvalue weighted by atomic mass is 9.77. The summed E-state index contributed by atoms with van der Waals surface area (Å²) in [6, 6.07) is 19.8. The van der Waals surface area contributed by atoms with Gasteiger partial charge in [0.05, 0.1) is 13.2 Å². The lowest BCUT2D eigenvalue weighted by molar-refractivity contribution is 0.124. The summed E-state index contributed by atoms with van der Waals surface area (Å²) in [7, 11) is 0. The average Bonchev–Trinajstić information content (AvgIpc) is 2.78. The highest BCUT2D eigenvalue weighted by Crippen LogP contribution is 2.37. The molecule has 0 bridgehead atoms. The molecule has 1 nitrogen and oxygen atoms in total. The Hall–Kier alpha value is -1.60. The van der Waals surface area contributed by atoms with Crippen LogP contribution in [0.4, 0.5) is 0 Å². The molecule has 0 radical (unpaired) electrons. The number of hydrogen-bond donors (Lipinski definition) is 0. The lowest BCUT2D eigenvalue weighted by Gasteiger charge is -2.29. The van der Waals surface area contributed by atoms with E-state index in [-0.39, 0.29) is 0 Å². The maximum atomic E-state index is 5.84. The monoisotopic (exact) mass is 392 g/mol. The van der Waals surface area contributed by atoms with Crippen LogP contribution in [0, 0.1) is 5.92 Å². The Morgan fingerprint density at radius 3 is 2.21 bits per heavy atom. The van der Waals surface area contributed by atoms with Gasteiger partial charge in [-0.2, -0.15) is 0 Å². The highest BCUT2D eigenvalue weighted by molar-refractivity contribution is 5.26. The first-order valence-electron chi connectivity index (χ1n) is 12.1. The molecule has 0 heterocycles. The van der Waals surface area contributed by atoms with E-state index in [2.05, 4.69) is 55.5 Å². The second kappa shape index (κ2) is 12.9. The number of ether oxygens (including phenoxy) is 1. The molecule has 0 spiro atoms. The van der Waals surface area contributed by atoms with E-state index in [1.54, 1.807) is 5.56 Å². The zero-order chi connectivity index (χ0) is 20.2. The van der Waals surface area contributed by atoms with Crippen molar-refractivity contribution in [3.05, 3.63) is 71.3 Å². The van der Waals surface area contributed by atoms with Crippen molar-refractivity contribution in [3.8, 4) is 0 Å². The summed E-state index contributed by atoms with van der Waals surface area (Å²) < 4.78 is 5.84. The van der Waals surface area contributed by atoms with Crippen molar-refractivity contribution >= 4 is 0 Å². The molecule has 0 amide bonds. The minimum atomic E-state index is 0.709. The van der Waals surface area contributed by atoms with Crippen LogP contribution in [0.25, 0.3) is 0 Å². The summed E-state index contributed by atoms with van der Waals surface area (Å²) in [4.78, 5) is 0. The largest absolute Gasteiger partial charge is 0.376 e. The molecule has 1 aliphatic carbocycles. The molecule has 1 saturated carbocycles. The van der Waals surface area contributed by atoms with Crippen LogP contribution in [0.5, 0.6) is 0 Å². The van der Waals surface area contributed by atoms with E-state index in [0.29, 0.717) is 6.61 Å². The van der Waals surface area contributed by atoms with Crippen molar-refractivity contribution in [3.63, 3.8) is 0 Å². The summed E-state index contributed by atoms with van der Waals surface area (Å²) in [6.45, 7) is 3.80. The maximum absolute atomic E-state index is 5.84. The summed E-state index contributed by atoms with van der Waals surface area (Å²) in [5, 5.41) is 0. The van der Waals surface area contributed by atoms with Crippen molar-refractivity contribution in [2.24, 2.45) is 5.92 Å². The number of benzene rings is 2. The van der Waals surface area contributed by atoms with Gasteiger partial charge in [-0.05, 0) is 60.6 Å². The Labute approximate surface area is 178 Å². The number of hydrogen-bond acceptors (Lipinski definition) is 1. The third kappa shape index (κ3) is 7.97. The number of rotatable bonds is 12. The smallest absolute Gasteiger partial charge is 0.0717 e. The van der Waals surface area contributed by atoms with Gasteiger partial charge in [0, 0.05) is 0 Å². The molecule has 0 N–H and O–H groups in total. The molecular formula is C28H40O. The van der Waals surface area contributed by atoms with Crippen LogP contribution < -0.4 is 0 Å². The quantitative estimate of drug-likeness (QED) is 0.332. The van der Waals surface area contributed by atoms with E-state index in [4.69, 9.17) is 4.74 Å². The first-order valence-corrected chi connectivity index (χ1v) is 12.1. The van der Waals surface area contributed by atoms with Crippen molar-refractivity contribution in [1.82, 2.24) is 0 Å². The molecule has 0 unspecified atom stereocenters. The molecule has 0 saturated heterocycles. The third-order valence-electron chi connectivity index (χ3n) is 6.66. The van der Waals surface area contributed by atoms with Gasteiger partial charge in [-0.15, -0.1) is 0 Å². The number of unbranched alkanes of at least 4 members (excludes halogenated alkanes) is 4. The molecule has 0 aromatic heterocycles. The van der Waals surface area contributed by atoms with Crippen molar-refractivity contribution < 1.29 is 4.74 Å². The second-order valence-corrected chi connectivity index (χ2v) is 8.95. The third-order valence-corrected chi connectivity index (χ3v) is 6.66. The summed E-state index contributed by atoms with van der Waals surface area (Å²) in [5.74, 6) is 1.78. The van der Waals surface area contributed by atoms with Crippen LogP contribution >= 0.6 is 0 Å². The van der Waals surface area contributed by atoms with Gasteiger partial charge < -0.3 is 4.74 Å². The summed E-state index contributed by atoms with van der Waals surface area (Å²) >= 11 is 0. The Kier molecular flexibility index (Phi) is 9.79. The van der Waals surface area contributed by atoms with Crippen LogP contribution in [-0.2, 0) is 17.8 Å². The van der Waals surface area contributed by atoms with Gasteiger partial charge in [0.1, 0.15) is 0 Å². The molecule has 1 aliphatic rings. The molecular weight excluding hydrogens is 352 g/mol. The second-order valence-electron chi connectivity index (χ2n) is 8.95. The van der Waals surface area contributed by atoms with Gasteiger partial charge in [0.25, 0.3) is 0 Å². The minimum absolute atomic E-state index is 0.709. The Balaban J connectivity index is 1.32. The molecule has 0 aliphatic heterocycles. The van der Waals surface area contributed by atoms with Gasteiger partial charge in [-0.1, -0.05) is 100 Å². The van der Waals surface area contributed by atoms with Crippen LogP contribution in [0.15, 0.2) is 54.6 Å². The molecule has 1 fully saturated rings. The highest BCUT2D eigenvalue weighted by Gasteiger charge is 2.21. The van der Waals surface area contributed by atoms with Crippen LogP contribution in [0.1, 0.15) is 93.7 Å². The fourth-order valence-electron chi connectivity index (χ4n) is 4.73. The molecule has 1 heteroatoms. The van der Waals surface area contributed by atoms with Gasteiger partial charge in [-0.25, -0.2) is 0 Å². The molecule has 0 atom stereocenters. The highest BCUT2D eigenvalue weighted by atomic mass is 16.5. The van der Waals surface area contributed by atoms with Gasteiger partial charge in [-0.3, -0.25) is 0 Å². The van der Waals surface area contributed by atoms with E-state index < -0.39 is 0 Å². The maximum Gasteiger partial charge on any atom is 0.0717 e. The van der Waals surface area contributed by atoms with Crippen LogP contribution in [0.3, 0.4) is 0 Å². The standard InChI is InChI=1S/C28H40O/c1-2-3-4-5-7-10-24-13-17-27(18-14-24)28-19-15-25(16-20-28)21-22-29-23-26-11-8-6-9-12-26/h6,8-9,11-12,15-16,19-20,24,27H,2-5,7,10,13-14,17-18,21-23H2,1H3. The fourth-order valence-corrected chi connectivity index (χ4v) is 4.73. The van der Waals surface area contributed by atoms with Crippen LogP contribution in [0.2, 0.25) is 0 Å². The Morgan fingerprint density at radius 2 is 1.48 bits per heavy atom. The Bertz CT molecular complexity index is 652. The Morgan fingerprint density at radius 1 is 0.759 bits per heavy atom. The molecule has 3 rings (SSSR count). The van der Waals surface area contributed by atoms with E-state index in [9.17, 15) is 0 Å². The SMILES string of the molecule is CCCCCCCC1CCC(c2ccc(CCOCc3ccccc3)cc2)CC1. The van der Waals surface area contributed by atoms with Crippen LogP contribution in [-0.4, -0.2) is 6.61 Å². The van der Waals surface area contributed by atoms with Gasteiger partial charge >= 0.3 is 0 Å². The lowest BCUT2D eigenvalue weighted by Crippen LogP contribution is -2.13. The normalized spacial score (nSPS) is 19.3. The topological polar surface area (TPSA) is 9.23 Å². The first kappa shape index (κ1) is 22.1. The zero-order valence-electron chi connectivity index (χ0n) is 18.5. The predicted molar refractivity (Wildman–Crippen MR) is 124 cm³/mol. The first-order chi connectivity index (χ1) is 14.3. The fraction of sp³-hybridized carbons (Fsp3) is 0.571. The molecule has 158 valence electrons. The summed E-state index contributed by atoms with van der Waals surface area (Å²) in [6.07, 6.45) is 15.2. The van der Waals surface area contributed by atoms with Crippen molar-refractivity contribution in [2.75, 3.05) is 6.61 Å². The molecule has 2 aromatic rings. The predicted octanol–water partition coefficient (Wildman–Crippen LogP) is 8.08. The molecule has 2 aromatic carbocycles. The van der Waals surface area contributed by atoms with Gasteiger partial charge in [0.2, 0.25) is 0 Å². The zero-order valence-corrected chi connectivity index (χ0v) is 18.5. The van der Waals surface area contributed by atoms with E-state index in [0.717, 1.165) is 24.9 Å². The minimum Gasteiger partial charge on any atom is -0.376 e. The molecule has 29 heavy (non-hydrogen) atoms. The van der Waals surface area contributed by atoms with Crippen molar-refractivity contribution in [1.29, 1.82) is 0 Å². The van der Waals surface area contributed by atoms with E-state index in [1.807, 2.05) is 6.07 Å².